The SMILES string of the molecule is CCc1ccc(OCCN2CCCCC2)cc1CC. The van der Waals surface area contributed by atoms with Crippen molar-refractivity contribution in [3.05, 3.63) is 29.3 Å². The lowest BCUT2D eigenvalue weighted by Crippen LogP contribution is -2.33. The van der Waals surface area contributed by atoms with Crippen LogP contribution in [0.5, 0.6) is 5.75 Å². The lowest BCUT2D eigenvalue weighted by Gasteiger charge is -2.26. The second-order valence-corrected chi connectivity index (χ2v) is 5.39. The minimum Gasteiger partial charge on any atom is -0.492 e. The molecule has 2 nitrogen and oxygen atoms in total. The number of rotatable bonds is 6. The number of benzene rings is 1. The molecule has 1 fully saturated rings. The van der Waals surface area contributed by atoms with Crippen LogP contribution >= 0.6 is 0 Å². The van der Waals surface area contributed by atoms with Gasteiger partial charge in [0.15, 0.2) is 0 Å². The molecule has 0 unspecified atom stereocenters. The lowest BCUT2D eigenvalue weighted by molar-refractivity contribution is 0.183. The van der Waals surface area contributed by atoms with Gasteiger partial charge in [0.25, 0.3) is 0 Å². The van der Waals surface area contributed by atoms with Gasteiger partial charge in [0, 0.05) is 6.54 Å². The molecule has 0 saturated carbocycles. The van der Waals surface area contributed by atoms with Crippen LogP contribution < -0.4 is 4.74 Å². The van der Waals surface area contributed by atoms with Gasteiger partial charge in [-0.3, -0.25) is 4.90 Å². The first-order valence-corrected chi connectivity index (χ1v) is 7.80. The quantitative estimate of drug-likeness (QED) is 0.774. The molecule has 1 aliphatic rings. The summed E-state index contributed by atoms with van der Waals surface area (Å²) in [7, 11) is 0. The van der Waals surface area contributed by atoms with Gasteiger partial charge in [-0.2, -0.15) is 0 Å². The van der Waals surface area contributed by atoms with Crippen LogP contribution in [-0.2, 0) is 12.8 Å². The summed E-state index contributed by atoms with van der Waals surface area (Å²) >= 11 is 0. The van der Waals surface area contributed by atoms with Crippen LogP contribution in [0, 0.1) is 0 Å². The predicted molar refractivity (Wildman–Crippen MR) is 81.0 cm³/mol. The molecule has 0 bridgehead atoms. The zero-order valence-corrected chi connectivity index (χ0v) is 12.5. The van der Waals surface area contributed by atoms with Gasteiger partial charge in [-0.05, 0) is 62.0 Å². The molecule has 2 rings (SSSR count). The van der Waals surface area contributed by atoms with Crippen molar-refractivity contribution >= 4 is 0 Å². The predicted octanol–water partition coefficient (Wildman–Crippen LogP) is 3.68. The first-order valence-electron chi connectivity index (χ1n) is 7.80. The molecule has 0 spiro atoms. The molecule has 0 amide bonds. The Morgan fingerprint density at radius 2 is 1.74 bits per heavy atom. The molecule has 0 aliphatic carbocycles. The first kappa shape index (κ1) is 14.4. The molecule has 1 aliphatic heterocycles. The Balaban J connectivity index is 1.81. The van der Waals surface area contributed by atoms with E-state index in [1.807, 2.05) is 0 Å². The van der Waals surface area contributed by atoms with Crippen LogP contribution in [0.25, 0.3) is 0 Å². The summed E-state index contributed by atoms with van der Waals surface area (Å²) in [5.74, 6) is 1.03. The van der Waals surface area contributed by atoms with Crippen molar-refractivity contribution in [2.75, 3.05) is 26.2 Å². The average molecular weight is 261 g/mol. The first-order chi connectivity index (χ1) is 9.33. The van der Waals surface area contributed by atoms with E-state index in [2.05, 4.69) is 36.9 Å². The van der Waals surface area contributed by atoms with Gasteiger partial charge in [-0.25, -0.2) is 0 Å². The highest BCUT2D eigenvalue weighted by Crippen LogP contribution is 2.19. The van der Waals surface area contributed by atoms with Crippen LogP contribution in [0.1, 0.15) is 44.2 Å². The Morgan fingerprint density at radius 3 is 2.42 bits per heavy atom. The Hall–Kier alpha value is -1.02. The molecule has 1 heterocycles. The summed E-state index contributed by atoms with van der Waals surface area (Å²) in [6, 6.07) is 6.55. The Morgan fingerprint density at radius 1 is 1.00 bits per heavy atom. The molecule has 1 saturated heterocycles. The minimum absolute atomic E-state index is 0.814. The van der Waals surface area contributed by atoms with Gasteiger partial charge in [0.2, 0.25) is 0 Å². The number of aryl methyl sites for hydroxylation is 2. The molecule has 0 aromatic heterocycles. The highest BCUT2D eigenvalue weighted by atomic mass is 16.5. The van der Waals surface area contributed by atoms with Gasteiger partial charge in [0.1, 0.15) is 12.4 Å². The van der Waals surface area contributed by atoms with Crippen molar-refractivity contribution in [1.82, 2.24) is 4.90 Å². The fourth-order valence-electron chi connectivity index (χ4n) is 2.84. The second-order valence-electron chi connectivity index (χ2n) is 5.39. The third kappa shape index (κ3) is 4.24. The van der Waals surface area contributed by atoms with E-state index in [-0.39, 0.29) is 0 Å². The van der Waals surface area contributed by atoms with E-state index in [1.165, 1.54) is 43.5 Å². The van der Waals surface area contributed by atoms with Crippen molar-refractivity contribution in [2.24, 2.45) is 0 Å². The smallest absolute Gasteiger partial charge is 0.119 e. The number of hydrogen-bond donors (Lipinski definition) is 0. The van der Waals surface area contributed by atoms with Crippen molar-refractivity contribution in [3.63, 3.8) is 0 Å². The largest absolute Gasteiger partial charge is 0.492 e. The second kappa shape index (κ2) is 7.54. The van der Waals surface area contributed by atoms with Gasteiger partial charge in [0.05, 0.1) is 0 Å². The van der Waals surface area contributed by atoms with E-state index in [1.54, 1.807) is 0 Å². The van der Waals surface area contributed by atoms with E-state index < -0.39 is 0 Å². The molecule has 1 aromatic rings. The highest BCUT2D eigenvalue weighted by Gasteiger charge is 2.09. The third-order valence-electron chi connectivity index (χ3n) is 4.06. The zero-order chi connectivity index (χ0) is 13.5. The van der Waals surface area contributed by atoms with Crippen molar-refractivity contribution in [1.29, 1.82) is 0 Å². The summed E-state index contributed by atoms with van der Waals surface area (Å²) in [5.41, 5.74) is 2.88. The van der Waals surface area contributed by atoms with E-state index in [9.17, 15) is 0 Å². The highest BCUT2D eigenvalue weighted by molar-refractivity contribution is 5.35. The van der Waals surface area contributed by atoms with E-state index in [4.69, 9.17) is 4.74 Å². The molecule has 2 heteroatoms. The van der Waals surface area contributed by atoms with Crippen LogP contribution in [-0.4, -0.2) is 31.1 Å². The van der Waals surface area contributed by atoms with Gasteiger partial charge < -0.3 is 4.74 Å². The molecule has 1 aromatic carbocycles. The lowest BCUT2D eigenvalue weighted by atomic mass is 10.0. The number of piperidine rings is 1. The monoisotopic (exact) mass is 261 g/mol. The van der Waals surface area contributed by atoms with Gasteiger partial charge in [-0.1, -0.05) is 26.3 Å². The van der Waals surface area contributed by atoms with Crippen LogP contribution in [0.2, 0.25) is 0 Å². The third-order valence-corrected chi connectivity index (χ3v) is 4.06. The topological polar surface area (TPSA) is 12.5 Å². The van der Waals surface area contributed by atoms with Gasteiger partial charge >= 0.3 is 0 Å². The molecular formula is C17H27NO. The summed E-state index contributed by atoms with van der Waals surface area (Å²) in [4.78, 5) is 2.52. The molecule has 0 radical (unpaired) electrons. The van der Waals surface area contributed by atoms with E-state index in [0.717, 1.165) is 31.7 Å². The molecule has 19 heavy (non-hydrogen) atoms. The number of likely N-dealkylation sites (tertiary alicyclic amines) is 1. The summed E-state index contributed by atoms with van der Waals surface area (Å²) in [5, 5.41) is 0. The summed E-state index contributed by atoms with van der Waals surface area (Å²) in [6.45, 7) is 8.81. The number of ether oxygens (including phenoxy) is 1. The minimum atomic E-state index is 0.814. The number of nitrogens with zero attached hydrogens (tertiary/aromatic N) is 1. The van der Waals surface area contributed by atoms with Crippen molar-refractivity contribution in [3.8, 4) is 5.75 Å². The maximum atomic E-state index is 5.91. The molecule has 0 N–H and O–H groups in total. The Kier molecular flexibility index (Phi) is 5.71. The van der Waals surface area contributed by atoms with Crippen LogP contribution in [0.4, 0.5) is 0 Å². The molecule has 0 atom stereocenters. The van der Waals surface area contributed by atoms with E-state index >= 15 is 0 Å². The number of hydrogen-bond acceptors (Lipinski definition) is 2. The van der Waals surface area contributed by atoms with Crippen LogP contribution in [0.15, 0.2) is 18.2 Å². The normalized spacial score (nSPS) is 16.5. The van der Waals surface area contributed by atoms with Crippen molar-refractivity contribution in [2.45, 2.75) is 46.0 Å². The standard InChI is InChI=1S/C17H27NO/c1-3-15-8-9-17(14-16(15)4-2)19-13-12-18-10-6-5-7-11-18/h8-9,14H,3-7,10-13H2,1-2H3. The maximum absolute atomic E-state index is 5.91. The summed E-state index contributed by atoms with van der Waals surface area (Å²) in [6.07, 6.45) is 6.30. The van der Waals surface area contributed by atoms with Crippen molar-refractivity contribution < 1.29 is 4.74 Å². The fraction of sp³-hybridized carbons (Fsp3) is 0.647. The van der Waals surface area contributed by atoms with E-state index in [0.29, 0.717) is 0 Å². The molecule has 106 valence electrons. The maximum Gasteiger partial charge on any atom is 0.119 e. The zero-order valence-electron chi connectivity index (χ0n) is 12.5. The Bertz CT molecular complexity index is 383. The summed E-state index contributed by atoms with van der Waals surface area (Å²) < 4.78 is 5.91. The average Bonchev–Trinajstić information content (AvgIpc) is 2.48. The Labute approximate surface area is 117 Å². The van der Waals surface area contributed by atoms with Crippen LogP contribution in [0.3, 0.4) is 0 Å². The molecular weight excluding hydrogens is 234 g/mol. The fourth-order valence-corrected chi connectivity index (χ4v) is 2.84. The van der Waals surface area contributed by atoms with Gasteiger partial charge in [-0.15, -0.1) is 0 Å².